The van der Waals surface area contributed by atoms with Crippen LogP contribution in [0.1, 0.15) is 0 Å². The van der Waals surface area contributed by atoms with E-state index in [0.717, 1.165) is 88.7 Å². The lowest BCUT2D eigenvalue weighted by Gasteiger charge is -2.26. The van der Waals surface area contributed by atoms with Crippen LogP contribution in [0.5, 0.6) is 0 Å². The van der Waals surface area contributed by atoms with E-state index in [2.05, 4.69) is 154 Å². The maximum atomic E-state index is 6.09. The molecule has 0 fully saturated rings. The summed E-state index contributed by atoms with van der Waals surface area (Å²) in [5.74, 6) is 0. The summed E-state index contributed by atoms with van der Waals surface area (Å²) in [4.78, 5) is 16.2. The Morgan fingerprint density at radius 2 is 0.923 bits per heavy atom. The van der Waals surface area contributed by atoms with Gasteiger partial charge in [-0.15, -0.1) is 0 Å². The number of rotatable bonds is 6. The molecule has 0 aliphatic carbocycles. The average Bonchev–Trinajstić information content (AvgIpc) is 3.59. The highest BCUT2D eigenvalue weighted by atomic mass is 16.3. The van der Waals surface area contributed by atoms with Crippen molar-refractivity contribution < 1.29 is 4.42 Å². The third kappa shape index (κ3) is 5.32. The molecule has 0 saturated carbocycles. The van der Waals surface area contributed by atoms with E-state index >= 15 is 0 Å². The number of aromatic nitrogens is 3. The van der Waals surface area contributed by atoms with E-state index in [1.54, 1.807) is 0 Å². The van der Waals surface area contributed by atoms with Crippen molar-refractivity contribution in [2.24, 2.45) is 0 Å². The molecule has 5 nitrogen and oxygen atoms in total. The third-order valence-electron chi connectivity index (χ3n) is 9.79. The van der Waals surface area contributed by atoms with Gasteiger partial charge >= 0.3 is 0 Å². The molecule has 0 atom stereocenters. The van der Waals surface area contributed by atoms with Gasteiger partial charge in [0.2, 0.25) is 5.71 Å². The van der Waals surface area contributed by atoms with Gasteiger partial charge in [-0.25, -0.2) is 4.98 Å². The van der Waals surface area contributed by atoms with E-state index in [1.807, 2.05) is 42.7 Å². The lowest BCUT2D eigenvalue weighted by Crippen LogP contribution is -2.09. The monoisotopic (exact) mass is 666 g/mol. The van der Waals surface area contributed by atoms with Crippen LogP contribution in [0.4, 0.5) is 17.1 Å². The number of hydrogen-bond acceptors (Lipinski definition) is 5. The fourth-order valence-electron chi connectivity index (χ4n) is 7.11. The Balaban J connectivity index is 1.02. The predicted molar refractivity (Wildman–Crippen MR) is 213 cm³/mol. The van der Waals surface area contributed by atoms with Crippen molar-refractivity contribution in [1.29, 1.82) is 0 Å². The van der Waals surface area contributed by atoms with Gasteiger partial charge in [0.15, 0.2) is 0 Å². The van der Waals surface area contributed by atoms with Crippen molar-refractivity contribution in [3.8, 4) is 33.5 Å². The SMILES string of the molecule is c1cnc2ccc(-c3ccc(N(c4ccc(-c5ccc6ncccc6c5)cc4)c4ccc(-c5ccc6c(n5)oc5ccccc56)cc4)cc3)cc2c1. The molecule has 5 heteroatoms. The first kappa shape index (κ1) is 29.8. The summed E-state index contributed by atoms with van der Waals surface area (Å²) in [5, 5.41) is 4.36. The van der Waals surface area contributed by atoms with Crippen molar-refractivity contribution in [2.45, 2.75) is 0 Å². The minimum Gasteiger partial charge on any atom is -0.438 e. The van der Waals surface area contributed by atoms with Crippen molar-refractivity contribution in [3.63, 3.8) is 0 Å². The van der Waals surface area contributed by atoms with Crippen LogP contribution in [0.15, 0.2) is 187 Å². The highest BCUT2D eigenvalue weighted by Gasteiger charge is 2.15. The summed E-state index contributed by atoms with van der Waals surface area (Å²) in [7, 11) is 0. The molecule has 10 aromatic rings. The summed E-state index contributed by atoms with van der Waals surface area (Å²) < 4.78 is 6.09. The molecule has 6 aromatic carbocycles. The van der Waals surface area contributed by atoms with Gasteiger partial charge in [-0.2, -0.15) is 0 Å². The number of pyridine rings is 3. The molecule has 0 aliphatic rings. The Labute approximate surface area is 300 Å². The summed E-state index contributed by atoms with van der Waals surface area (Å²) >= 11 is 0. The van der Waals surface area contributed by atoms with E-state index in [4.69, 9.17) is 9.40 Å². The van der Waals surface area contributed by atoms with Gasteiger partial charge in [0.25, 0.3) is 0 Å². The Hall–Kier alpha value is -7.11. The number of hydrogen-bond donors (Lipinski definition) is 0. The van der Waals surface area contributed by atoms with Gasteiger partial charge in [0.1, 0.15) is 5.58 Å². The van der Waals surface area contributed by atoms with E-state index in [0.29, 0.717) is 5.71 Å². The van der Waals surface area contributed by atoms with Gasteiger partial charge in [-0.3, -0.25) is 9.97 Å². The number of furan rings is 1. The summed E-state index contributed by atoms with van der Waals surface area (Å²) in [6.07, 6.45) is 3.67. The second-order valence-electron chi connectivity index (χ2n) is 12.9. The second-order valence-corrected chi connectivity index (χ2v) is 12.9. The molecule has 4 aromatic heterocycles. The highest BCUT2D eigenvalue weighted by molar-refractivity contribution is 6.04. The molecule has 0 spiro atoms. The molecule has 0 saturated heterocycles. The maximum Gasteiger partial charge on any atom is 0.227 e. The molecule has 0 amide bonds. The van der Waals surface area contributed by atoms with E-state index in [1.165, 1.54) is 0 Å². The smallest absolute Gasteiger partial charge is 0.227 e. The quantitative estimate of drug-likeness (QED) is 0.177. The van der Waals surface area contributed by atoms with Crippen molar-refractivity contribution in [1.82, 2.24) is 15.0 Å². The largest absolute Gasteiger partial charge is 0.438 e. The molecule has 0 aliphatic heterocycles. The van der Waals surface area contributed by atoms with Crippen molar-refractivity contribution >= 4 is 60.9 Å². The number of fused-ring (bicyclic) bond motifs is 5. The van der Waals surface area contributed by atoms with E-state index < -0.39 is 0 Å². The molecule has 0 radical (unpaired) electrons. The number of benzene rings is 6. The molecule has 0 bridgehead atoms. The topological polar surface area (TPSA) is 55.1 Å². The zero-order valence-corrected chi connectivity index (χ0v) is 28.0. The Kier molecular flexibility index (Phi) is 7.07. The normalized spacial score (nSPS) is 11.5. The summed E-state index contributed by atoms with van der Waals surface area (Å²) in [6.45, 7) is 0. The summed E-state index contributed by atoms with van der Waals surface area (Å²) in [5.41, 5.74) is 13.2. The second kappa shape index (κ2) is 12.3. The van der Waals surface area contributed by atoms with Gasteiger partial charge in [0.05, 0.1) is 16.7 Å². The summed E-state index contributed by atoms with van der Waals surface area (Å²) in [6, 6.07) is 59.4. The molecule has 0 N–H and O–H groups in total. The van der Waals surface area contributed by atoms with Gasteiger partial charge in [0, 0.05) is 56.6 Å². The Morgan fingerprint density at radius 1 is 0.404 bits per heavy atom. The molecule has 0 unspecified atom stereocenters. The molecule has 4 heterocycles. The van der Waals surface area contributed by atoms with E-state index in [-0.39, 0.29) is 0 Å². The standard InChI is InChI=1S/C47H30N4O/c1-2-8-46-41(7-1)42-23-26-45(50-47(42)52-46)33-13-21-40(22-14-33)51(38-17-9-31(10-18-38)34-15-24-43-36(29-34)5-3-27-48-43)39-19-11-32(12-20-39)35-16-25-44-37(30-35)6-4-28-49-44/h1-30H. The predicted octanol–water partition coefficient (Wildman–Crippen LogP) is 12.5. The van der Waals surface area contributed by atoms with Crippen LogP contribution in [0.25, 0.3) is 77.4 Å². The minimum atomic E-state index is 0.648. The van der Waals surface area contributed by atoms with Gasteiger partial charge in [-0.05, 0) is 113 Å². The lowest BCUT2D eigenvalue weighted by molar-refractivity contribution is 0.654. The highest BCUT2D eigenvalue weighted by Crippen LogP contribution is 2.38. The molecular formula is C47H30N4O. The van der Waals surface area contributed by atoms with Gasteiger partial charge in [-0.1, -0.05) is 78.9 Å². The minimum absolute atomic E-state index is 0.648. The molecular weight excluding hydrogens is 637 g/mol. The lowest BCUT2D eigenvalue weighted by atomic mass is 10.0. The number of nitrogens with zero attached hydrogens (tertiary/aromatic N) is 4. The Bertz CT molecular complexity index is 2770. The first-order valence-corrected chi connectivity index (χ1v) is 17.3. The molecule has 52 heavy (non-hydrogen) atoms. The van der Waals surface area contributed by atoms with E-state index in [9.17, 15) is 0 Å². The zero-order valence-electron chi connectivity index (χ0n) is 28.0. The Morgan fingerprint density at radius 3 is 1.50 bits per heavy atom. The van der Waals surface area contributed by atoms with Crippen molar-refractivity contribution in [2.75, 3.05) is 4.90 Å². The van der Waals surface area contributed by atoms with Crippen molar-refractivity contribution in [3.05, 3.63) is 182 Å². The number of anilines is 3. The molecule has 244 valence electrons. The van der Waals surface area contributed by atoms with Crippen LogP contribution in [0.2, 0.25) is 0 Å². The third-order valence-corrected chi connectivity index (χ3v) is 9.79. The van der Waals surface area contributed by atoms with Crippen LogP contribution in [-0.2, 0) is 0 Å². The number of para-hydroxylation sites is 1. The first-order chi connectivity index (χ1) is 25.7. The fourth-order valence-corrected chi connectivity index (χ4v) is 7.11. The first-order valence-electron chi connectivity index (χ1n) is 17.3. The molecule has 10 rings (SSSR count). The van der Waals surface area contributed by atoms with Crippen LogP contribution in [0.3, 0.4) is 0 Å². The average molecular weight is 667 g/mol. The van der Waals surface area contributed by atoms with Gasteiger partial charge < -0.3 is 9.32 Å². The van der Waals surface area contributed by atoms with Crippen LogP contribution < -0.4 is 4.90 Å². The zero-order chi connectivity index (χ0) is 34.4. The fraction of sp³-hybridized carbons (Fsp3) is 0. The maximum absolute atomic E-state index is 6.09. The van der Waals surface area contributed by atoms with Crippen LogP contribution >= 0.6 is 0 Å². The van der Waals surface area contributed by atoms with Crippen LogP contribution in [0, 0.1) is 0 Å². The van der Waals surface area contributed by atoms with Crippen LogP contribution in [-0.4, -0.2) is 15.0 Å².